The van der Waals surface area contributed by atoms with Gasteiger partial charge in [-0.1, -0.05) is 141 Å². The SMILES string of the molecule is CCCCCCCCCCCCCCCCCCOc1ccc(C(=O)O)c(C(C)OC(=O)CCC/C=C\C[C@@H]2[C@@H](/C=C/C[C@H](O)C3(CC)CCC3)[C@H](O)C[C@H]2Cl)c1. The van der Waals surface area contributed by atoms with Gasteiger partial charge < -0.3 is 24.8 Å². The van der Waals surface area contributed by atoms with Gasteiger partial charge in [-0.05, 0) is 94.2 Å². The summed E-state index contributed by atoms with van der Waals surface area (Å²) in [6, 6.07) is 4.91. The van der Waals surface area contributed by atoms with Crippen molar-refractivity contribution in [2.75, 3.05) is 6.61 Å². The topological polar surface area (TPSA) is 113 Å². The molecule has 0 saturated heterocycles. The molecule has 0 heterocycles. The number of carbonyl (C=O) groups is 2. The van der Waals surface area contributed by atoms with Crippen LogP contribution >= 0.6 is 11.6 Å². The molecule has 57 heavy (non-hydrogen) atoms. The van der Waals surface area contributed by atoms with E-state index in [2.05, 4.69) is 32.1 Å². The van der Waals surface area contributed by atoms with Crippen LogP contribution in [0.3, 0.4) is 0 Å². The highest BCUT2D eigenvalue weighted by Crippen LogP contribution is 2.48. The molecule has 0 radical (unpaired) electrons. The molecule has 2 fully saturated rings. The predicted octanol–water partition coefficient (Wildman–Crippen LogP) is 13.2. The van der Waals surface area contributed by atoms with Gasteiger partial charge in [0.1, 0.15) is 11.9 Å². The molecular weight excluding hydrogens is 736 g/mol. The second-order valence-corrected chi connectivity index (χ2v) is 17.8. The summed E-state index contributed by atoms with van der Waals surface area (Å²) in [5, 5.41) is 31.2. The van der Waals surface area contributed by atoms with Gasteiger partial charge >= 0.3 is 11.9 Å². The average molecular weight is 816 g/mol. The van der Waals surface area contributed by atoms with Gasteiger partial charge in [0.15, 0.2) is 0 Å². The van der Waals surface area contributed by atoms with Crippen LogP contribution in [0.2, 0.25) is 0 Å². The maximum atomic E-state index is 12.8. The molecule has 1 aromatic rings. The highest BCUT2D eigenvalue weighted by molar-refractivity contribution is 6.21. The number of unbranched alkanes of at least 4 members (excludes halogenated alkanes) is 16. The predicted molar refractivity (Wildman–Crippen MR) is 234 cm³/mol. The fourth-order valence-electron chi connectivity index (χ4n) is 8.89. The Bertz CT molecular complexity index is 1320. The Hall–Kier alpha value is -2.35. The van der Waals surface area contributed by atoms with E-state index in [-0.39, 0.29) is 46.7 Å². The smallest absolute Gasteiger partial charge is 0.336 e. The standard InChI is InChI=1S/C49H79ClO7/c1-4-6-7-8-9-10-11-12-13-14-15-16-17-18-21-24-35-56-39-31-32-42(48(54)55)43(36-39)38(3)57-47(53)30-23-20-19-22-27-40-41(45(51)37-44(40)50)28-25-29-46(52)49(5-2)33-26-34-49/h19,22,25,28,31-32,36,38,40-41,44-46,51-52H,4-18,20-21,23-24,26-27,29-30,33-35,37H2,1-3H3,(H,54,55)/b22-19-,28-25+/t38?,40-,41-,44-,45-,46+/m1/s1. The number of hydrogen-bond donors (Lipinski definition) is 3. The van der Waals surface area contributed by atoms with Crippen molar-refractivity contribution < 1.29 is 34.4 Å². The molecule has 0 aliphatic heterocycles. The first-order valence-corrected chi connectivity index (χ1v) is 23.6. The van der Waals surface area contributed by atoms with Crippen LogP contribution < -0.4 is 4.74 Å². The minimum atomic E-state index is -1.06. The number of allylic oxidation sites excluding steroid dienone is 2. The first-order chi connectivity index (χ1) is 27.6. The number of aromatic carboxylic acids is 1. The highest BCUT2D eigenvalue weighted by atomic mass is 35.5. The lowest BCUT2D eigenvalue weighted by Crippen LogP contribution is -2.40. The number of alkyl halides is 1. The molecule has 6 atom stereocenters. The Morgan fingerprint density at radius 3 is 2.05 bits per heavy atom. The Balaban J connectivity index is 1.29. The second kappa shape index (κ2) is 28.2. The number of esters is 1. The maximum Gasteiger partial charge on any atom is 0.336 e. The molecule has 8 heteroatoms. The third-order valence-electron chi connectivity index (χ3n) is 12.9. The Labute approximate surface area is 351 Å². The zero-order valence-electron chi connectivity index (χ0n) is 36.0. The van der Waals surface area contributed by atoms with E-state index in [4.69, 9.17) is 21.1 Å². The zero-order valence-corrected chi connectivity index (χ0v) is 36.7. The van der Waals surface area contributed by atoms with Crippen LogP contribution in [-0.2, 0) is 9.53 Å². The molecule has 1 unspecified atom stereocenters. The molecule has 3 N–H and O–H groups in total. The van der Waals surface area contributed by atoms with Gasteiger partial charge in [-0.15, -0.1) is 11.6 Å². The fraction of sp³-hybridized carbons (Fsp3) is 0.755. The van der Waals surface area contributed by atoms with E-state index >= 15 is 0 Å². The van der Waals surface area contributed by atoms with Gasteiger partial charge in [-0.25, -0.2) is 4.79 Å². The minimum absolute atomic E-state index is 0.0434. The van der Waals surface area contributed by atoms with Crippen molar-refractivity contribution in [3.8, 4) is 5.75 Å². The van der Waals surface area contributed by atoms with Crippen molar-refractivity contribution in [2.24, 2.45) is 17.3 Å². The van der Waals surface area contributed by atoms with Gasteiger partial charge in [0.05, 0.1) is 24.4 Å². The summed E-state index contributed by atoms with van der Waals surface area (Å²) in [7, 11) is 0. The number of halogens is 1. The molecule has 7 nitrogen and oxygen atoms in total. The van der Waals surface area contributed by atoms with E-state index < -0.39 is 18.2 Å². The molecular formula is C49H79ClO7. The van der Waals surface area contributed by atoms with Crippen molar-refractivity contribution in [1.29, 1.82) is 0 Å². The Kier molecular flexibility index (Phi) is 24.2. The van der Waals surface area contributed by atoms with Crippen LogP contribution in [0, 0.1) is 17.3 Å². The first kappa shape index (κ1) is 49.0. The molecule has 0 bridgehead atoms. The molecule has 0 aromatic heterocycles. The van der Waals surface area contributed by atoms with E-state index in [1.165, 1.54) is 102 Å². The van der Waals surface area contributed by atoms with Gasteiger partial charge in [0.2, 0.25) is 0 Å². The van der Waals surface area contributed by atoms with Gasteiger partial charge in [-0.3, -0.25) is 4.79 Å². The van der Waals surface area contributed by atoms with Crippen molar-refractivity contribution in [3.63, 3.8) is 0 Å². The van der Waals surface area contributed by atoms with Crippen molar-refractivity contribution >= 4 is 23.5 Å². The van der Waals surface area contributed by atoms with Crippen LogP contribution in [-0.4, -0.2) is 51.5 Å². The summed E-state index contributed by atoms with van der Waals surface area (Å²) in [6.45, 7) is 6.71. The van der Waals surface area contributed by atoms with Crippen LogP contribution in [0.15, 0.2) is 42.5 Å². The molecule has 0 amide bonds. The number of carboxylic acids is 1. The molecule has 324 valence electrons. The summed E-state index contributed by atoms with van der Waals surface area (Å²) in [5.74, 6) is -0.779. The van der Waals surface area contributed by atoms with Crippen LogP contribution in [0.4, 0.5) is 0 Å². The normalized spacial score (nSPS) is 21.5. The van der Waals surface area contributed by atoms with Crippen LogP contribution in [0.1, 0.15) is 210 Å². The molecule has 0 spiro atoms. The first-order valence-electron chi connectivity index (χ1n) is 23.1. The Morgan fingerprint density at radius 1 is 0.877 bits per heavy atom. The maximum absolute atomic E-state index is 12.8. The van der Waals surface area contributed by atoms with E-state index in [9.17, 15) is 24.9 Å². The highest BCUT2D eigenvalue weighted by Gasteiger charge is 2.42. The summed E-state index contributed by atoms with van der Waals surface area (Å²) in [4.78, 5) is 24.7. The van der Waals surface area contributed by atoms with Crippen molar-refractivity contribution in [3.05, 3.63) is 53.6 Å². The summed E-state index contributed by atoms with van der Waals surface area (Å²) >= 11 is 6.66. The lowest BCUT2D eigenvalue weighted by atomic mass is 9.63. The second-order valence-electron chi connectivity index (χ2n) is 17.2. The van der Waals surface area contributed by atoms with Crippen LogP contribution in [0.25, 0.3) is 0 Å². The van der Waals surface area contributed by atoms with Crippen molar-refractivity contribution in [1.82, 2.24) is 0 Å². The third kappa shape index (κ3) is 17.8. The van der Waals surface area contributed by atoms with E-state index in [0.717, 1.165) is 38.5 Å². The van der Waals surface area contributed by atoms with E-state index in [0.29, 0.717) is 43.6 Å². The molecule has 2 saturated carbocycles. The number of rotatable bonds is 32. The van der Waals surface area contributed by atoms with E-state index in [1.54, 1.807) is 19.1 Å². The lowest BCUT2D eigenvalue weighted by molar-refractivity contribution is -0.148. The molecule has 2 aliphatic rings. The molecule has 2 aliphatic carbocycles. The summed E-state index contributed by atoms with van der Waals surface area (Å²) < 4.78 is 11.7. The third-order valence-corrected chi connectivity index (χ3v) is 13.4. The van der Waals surface area contributed by atoms with E-state index in [1.807, 2.05) is 6.08 Å². The van der Waals surface area contributed by atoms with Gasteiger partial charge in [0, 0.05) is 23.3 Å². The fourth-order valence-corrected chi connectivity index (χ4v) is 9.34. The van der Waals surface area contributed by atoms with Gasteiger partial charge in [0.25, 0.3) is 0 Å². The number of carboxylic acid groups (broad SMARTS) is 1. The largest absolute Gasteiger partial charge is 0.494 e. The van der Waals surface area contributed by atoms with Crippen LogP contribution in [0.5, 0.6) is 5.75 Å². The minimum Gasteiger partial charge on any atom is -0.494 e. The number of carbonyl (C=O) groups excluding carboxylic acids is 1. The number of ether oxygens (including phenoxy) is 2. The number of benzene rings is 1. The zero-order chi connectivity index (χ0) is 41.3. The lowest BCUT2D eigenvalue weighted by Gasteiger charge is -2.45. The summed E-state index contributed by atoms with van der Waals surface area (Å²) in [6.07, 6.45) is 35.5. The van der Waals surface area contributed by atoms with Crippen molar-refractivity contribution in [2.45, 2.75) is 211 Å². The molecule has 1 aromatic carbocycles. The quantitative estimate of drug-likeness (QED) is 0.0287. The number of aliphatic hydroxyl groups excluding tert-OH is 2. The number of aliphatic hydroxyl groups is 2. The molecule has 3 rings (SSSR count). The summed E-state index contributed by atoms with van der Waals surface area (Å²) in [5.41, 5.74) is 0.600. The number of hydrogen-bond acceptors (Lipinski definition) is 6. The monoisotopic (exact) mass is 815 g/mol. The van der Waals surface area contributed by atoms with Gasteiger partial charge in [-0.2, -0.15) is 0 Å². The average Bonchev–Trinajstić information content (AvgIpc) is 3.44. The Morgan fingerprint density at radius 2 is 1.49 bits per heavy atom.